The van der Waals surface area contributed by atoms with Gasteiger partial charge in [-0.05, 0) is 39.8 Å². The number of nitrogens with zero attached hydrogens (tertiary/aromatic N) is 1. The van der Waals surface area contributed by atoms with Crippen molar-refractivity contribution in [1.82, 2.24) is 15.3 Å². The van der Waals surface area contributed by atoms with Crippen molar-refractivity contribution in [3.05, 3.63) is 30.1 Å². The molecule has 5 atom stereocenters. The lowest BCUT2D eigenvalue weighted by molar-refractivity contribution is -0.231. The van der Waals surface area contributed by atoms with Crippen LogP contribution in [0.5, 0.6) is 0 Å². The normalized spacial score (nSPS) is 34.7. The quantitative estimate of drug-likeness (QED) is 0.802. The van der Waals surface area contributed by atoms with E-state index in [4.69, 9.17) is 23.7 Å². The summed E-state index contributed by atoms with van der Waals surface area (Å²) >= 11 is 0. The van der Waals surface area contributed by atoms with E-state index in [0.29, 0.717) is 5.82 Å². The lowest BCUT2D eigenvalue weighted by Gasteiger charge is -2.36. The van der Waals surface area contributed by atoms with E-state index in [1.54, 1.807) is 13.8 Å². The van der Waals surface area contributed by atoms with Crippen LogP contribution in [-0.4, -0.2) is 58.2 Å². The second-order valence-corrected chi connectivity index (χ2v) is 8.51. The molecular formula is C20H25N3O6. The number of aromatic amines is 1. The summed E-state index contributed by atoms with van der Waals surface area (Å²) in [6.45, 7) is 7.48. The number of imidazole rings is 1. The standard InChI is InChI=1S/C20H25N3O6/c1-19(2)26-13-14(27-19)16-18(29-20(3,4)28-16)25-15(13)17(24)21-9-12-22-10-7-5-6-8-11(10)23-12/h5-8,13-16,18H,9H2,1-4H3,(H,21,24)(H,22,23). The first-order valence-electron chi connectivity index (χ1n) is 9.79. The maximum atomic E-state index is 13.0. The van der Waals surface area contributed by atoms with Crippen LogP contribution in [0.2, 0.25) is 0 Å². The fourth-order valence-electron chi connectivity index (χ4n) is 4.18. The number of fused-ring (bicyclic) bond motifs is 4. The fourth-order valence-corrected chi connectivity index (χ4v) is 4.18. The Morgan fingerprint density at radius 3 is 2.52 bits per heavy atom. The Labute approximate surface area is 168 Å². The topological polar surface area (TPSA) is 104 Å². The Morgan fingerprint density at radius 2 is 1.72 bits per heavy atom. The van der Waals surface area contributed by atoms with Crippen LogP contribution in [0.15, 0.2) is 24.3 Å². The van der Waals surface area contributed by atoms with E-state index in [0.717, 1.165) is 11.0 Å². The van der Waals surface area contributed by atoms with Crippen LogP contribution in [0.25, 0.3) is 11.0 Å². The van der Waals surface area contributed by atoms with Crippen LogP contribution < -0.4 is 5.32 Å². The van der Waals surface area contributed by atoms with E-state index >= 15 is 0 Å². The van der Waals surface area contributed by atoms with Crippen molar-refractivity contribution in [2.45, 2.75) is 76.5 Å². The van der Waals surface area contributed by atoms with Gasteiger partial charge in [0.15, 0.2) is 24.0 Å². The zero-order chi connectivity index (χ0) is 20.4. The first-order chi connectivity index (χ1) is 13.7. The molecule has 3 fully saturated rings. The molecule has 29 heavy (non-hydrogen) atoms. The Balaban J connectivity index is 1.33. The monoisotopic (exact) mass is 403 g/mol. The summed E-state index contributed by atoms with van der Waals surface area (Å²) in [7, 11) is 0. The van der Waals surface area contributed by atoms with Crippen molar-refractivity contribution in [1.29, 1.82) is 0 Å². The van der Waals surface area contributed by atoms with E-state index < -0.39 is 42.3 Å². The number of hydrogen-bond acceptors (Lipinski definition) is 7. The summed E-state index contributed by atoms with van der Waals surface area (Å²) in [6.07, 6.45) is -3.11. The molecule has 9 nitrogen and oxygen atoms in total. The Morgan fingerprint density at radius 1 is 1.03 bits per heavy atom. The number of aromatic nitrogens is 2. The predicted molar refractivity (Wildman–Crippen MR) is 100 cm³/mol. The van der Waals surface area contributed by atoms with E-state index in [2.05, 4.69) is 15.3 Å². The average Bonchev–Trinajstić information content (AvgIpc) is 3.29. The zero-order valence-corrected chi connectivity index (χ0v) is 16.8. The van der Waals surface area contributed by atoms with Crippen molar-refractivity contribution in [2.24, 2.45) is 0 Å². The molecule has 5 unspecified atom stereocenters. The molecule has 2 N–H and O–H groups in total. The molecular weight excluding hydrogens is 378 g/mol. The van der Waals surface area contributed by atoms with Crippen LogP contribution in [-0.2, 0) is 35.0 Å². The number of H-pyrrole nitrogens is 1. The minimum atomic E-state index is -0.884. The van der Waals surface area contributed by atoms with Gasteiger partial charge < -0.3 is 34.0 Å². The highest BCUT2D eigenvalue weighted by molar-refractivity contribution is 5.82. The second-order valence-electron chi connectivity index (χ2n) is 8.51. The highest BCUT2D eigenvalue weighted by atomic mass is 16.9. The average molecular weight is 403 g/mol. The summed E-state index contributed by atoms with van der Waals surface area (Å²) in [5, 5.41) is 2.88. The molecule has 1 amide bonds. The van der Waals surface area contributed by atoms with Gasteiger partial charge >= 0.3 is 0 Å². The molecule has 3 aliphatic rings. The van der Waals surface area contributed by atoms with Crippen LogP contribution in [0.3, 0.4) is 0 Å². The molecule has 3 saturated heterocycles. The molecule has 0 bridgehead atoms. The SMILES string of the molecule is CC1(C)OC2OC(C(=O)NCc3nc4ccccc4[nH]3)C3OC(C)(C)OC3C2O1. The molecule has 156 valence electrons. The number of carbonyl (C=O) groups is 1. The molecule has 0 aliphatic carbocycles. The van der Waals surface area contributed by atoms with E-state index in [9.17, 15) is 4.79 Å². The van der Waals surface area contributed by atoms with Crippen molar-refractivity contribution in [3.63, 3.8) is 0 Å². The van der Waals surface area contributed by atoms with Crippen molar-refractivity contribution < 1.29 is 28.5 Å². The minimum absolute atomic E-state index is 0.242. The van der Waals surface area contributed by atoms with Gasteiger partial charge in [-0.3, -0.25) is 4.79 Å². The number of hydrogen-bond donors (Lipinski definition) is 2. The summed E-state index contributed by atoms with van der Waals surface area (Å²) in [4.78, 5) is 20.7. The highest BCUT2D eigenvalue weighted by Gasteiger charge is 2.62. The molecule has 5 rings (SSSR count). The second kappa shape index (κ2) is 6.48. The van der Waals surface area contributed by atoms with Crippen molar-refractivity contribution in [3.8, 4) is 0 Å². The van der Waals surface area contributed by atoms with Gasteiger partial charge in [-0.2, -0.15) is 0 Å². The van der Waals surface area contributed by atoms with Gasteiger partial charge in [0.2, 0.25) is 0 Å². The first kappa shape index (κ1) is 19.0. The molecule has 0 spiro atoms. The van der Waals surface area contributed by atoms with E-state index in [-0.39, 0.29) is 12.5 Å². The summed E-state index contributed by atoms with van der Waals surface area (Å²) in [6, 6.07) is 7.70. The molecule has 0 radical (unpaired) electrons. The number of amides is 1. The predicted octanol–water partition coefficient (Wildman–Crippen LogP) is 1.58. The third-order valence-electron chi connectivity index (χ3n) is 5.28. The van der Waals surface area contributed by atoms with Crippen LogP contribution >= 0.6 is 0 Å². The number of para-hydroxylation sites is 2. The Bertz CT molecular complexity index is 908. The van der Waals surface area contributed by atoms with Crippen molar-refractivity contribution in [2.75, 3.05) is 0 Å². The van der Waals surface area contributed by atoms with Gasteiger partial charge in [0.25, 0.3) is 5.91 Å². The van der Waals surface area contributed by atoms with Gasteiger partial charge in [0.05, 0.1) is 17.6 Å². The third kappa shape index (κ3) is 3.43. The number of nitrogens with one attached hydrogen (secondary N) is 2. The lowest BCUT2D eigenvalue weighted by atomic mass is 9.98. The summed E-state index contributed by atoms with van der Waals surface area (Å²) in [5.41, 5.74) is 1.77. The molecule has 4 heterocycles. The highest BCUT2D eigenvalue weighted by Crippen LogP contribution is 2.44. The molecule has 3 aliphatic heterocycles. The van der Waals surface area contributed by atoms with Crippen LogP contribution in [0, 0.1) is 0 Å². The molecule has 9 heteroatoms. The Kier molecular flexibility index (Phi) is 4.24. The maximum Gasteiger partial charge on any atom is 0.252 e. The fraction of sp³-hybridized carbons (Fsp3) is 0.600. The lowest BCUT2D eigenvalue weighted by Crippen LogP contribution is -2.59. The van der Waals surface area contributed by atoms with Crippen LogP contribution in [0.1, 0.15) is 33.5 Å². The van der Waals surface area contributed by atoms with E-state index in [1.165, 1.54) is 0 Å². The van der Waals surface area contributed by atoms with Gasteiger partial charge in [0, 0.05) is 0 Å². The van der Waals surface area contributed by atoms with Gasteiger partial charge in [0.1, 0.15) is 24.1 Å². The molecule has 0 saturated carbocycles. The van der Waals surface area contributed by atoms with E-state index in [1.807, 2.05) is 38.1 Å². The largest absolute Gasteiger partial charge is 0.347 e. The van der Waals surface area contributed by atoms with Gasteiger partial charge in [-0.25, -0.2) is 4.98 Å². The number of carbonyl (C=O) groups excluding carboxylic acids is 1. The number of benzene rings is 1. The van der Waals surface area contributed by atoms with Gasteiger partial charge in [-0.1, -0.05) is 12.1 Å². The minimum Gasteiger partial charge on any atom is -0.347 e. The molecule has 2 aromatic rings. The van der Waals surface area contributed by atoms with Crippen molar-refractivity contribution >= 4 is 16.9 Å². The third-order valence-corrected chi connectivity index (χ3v) is 5.28. The van der Waals surface area contributed by atoms with Crippen LogP contribution in [0.4, 0.5) is 0 Å². The smallest absolute Gasteiger partial charge is 0.252 e. The van der Waals surface area contributed by atoms with Gasteiger partial charge in [-0.15, -0.1) is 0 Å². The number of ether oxygens (including phenoxy) is 5. The summed E-state index contributed by atoms with van der Waals surface area (Å²) < 4.78 is 29.8. The number of rotatable bonds is 3. The zero-order valence-electron chi connectivity index (χ0n) is 16.8. The first-order valence-corrected chi connectivity index (χ1v) is 9.79. The molecule has 1 aromatic heterocycles. The summed E-state index contributed by atoms with van der Waals surface area (Å²) in [5.74, 6) is -1.32. The maximum absolute atomic E-state index is 13.0. The Hall–Kier alpha value is -2.04. The molecule has 1 aromatic carbocycles.